The summed E-state index contributed by atoms with van der Waals surface area (Å²) >= 11 is 0. The zero-order valence-corrected chi connectivity index (χ0v) is 15.1. The zero-order chi connectivity index (χ0) is 17.5. The predicted octanol–water partition coefficient (Wildman–Crippen LogP) is 2.50. The van der Waals surface area contributed by atoms with Gasteiger partial charge < -0.3 is 15.0 Å². The third-order valence-corrected chi connectivity index (χ3v) is 4.13. The van der Waals surface area contributed by atoms with Gasteiger partial charge in [0.15, 0.2) is 11.4 Å². The number of aromatic nitrogens is 2. The van der Waals surface area contributed by atoms with E-state index in [9.17, 15) is 4.79 Å². The van der Waals surface area contributed by atoms with Crippen LogP contribution < -0.4 is 10.1 Å². The summed E-state index contributed by atoms with van der Waals surface area (Å²) in [6.07, 6.45) is 2.79. The zero-order valence-electron chi connectivity index (χ0n) is 15.1. The van der Waals surface area contributed by atoms with E-state index in [1.54, 1.807) is 4.40 Å². The van der Waals surface area contributed by atoms with Gasteiger partial charge in [0, 0.05) is 12.7 Å². The number of imidazole rings is 1. The topological polar surface area (TPSA) is 58.9 Å². The maximum Gasteiger partial charge on any atom is 0.270 e. The Morgan fingerprint density at radius 3 is 2.75 bits per heavy atom. The number of fused-ring (bicyclic) bond motifs is 1. The molecule has 6 heteroatoms. The van der Waals surface area contributed by atoms with Crippen LogP contribution in [0.1, 0.15) is 43.4 Å². The van der Waals surface area contributed by atoms with Gasteiger partial charge >= 0.3 is 0 Å². The molecule has 2 heterocycles. The second kappa shape index (κ2) is 8.68. The number of nitrogens with zero attached hydrogens (tertiary/aromatic N) is 3. The van der Waals surface area contributed by atoms with Gasteiger partial charge in [0.2, 0.25) is 0 Å². The van der Waals surface area contributed by atoms with E-state index < -0.39 is 0 Å². The molecule has 1 amide bonds. The van der Waals surface area contributed by atoms with Crippen LogP contribution in [0.4, 0.5) is 0 Å². The Morgan fingerprint density at radius 2 is 2.08 bits per heavy atom. The van der Waals surface area contributed by atoms with Gasteiger partial charge in [-0.15, -0.1) is 0 Å². The first-order valence-electron chi connectivity index (χ1n) is 8.73. The van der Waals surface area contributed by atoms with Gasteiger partial charge in [0.1, 0.15) is 5.69 Å². The van der Waals surface area contributed by atoms with Gasteiger partial charge in [-0.05, 0) is 52.0 Å². The Kier molecular flexibility index (Phi) is 6.61. The number of nitrogens with one attached hydrogen (secondary N) is 1. The highest BCUT2D eigenvalue weighted by molar-refractivity contribution is 5.94. The van der Waals surface area contributed by atoms with Crippen LogP contribution in [0.3, 0.4) is 0 Å². The van der Waals surface area contributed by atoms with Gasteiger partial charge in [0.05, 0.1) is 12.3 Å². The summed E-state index contributed by atoms with van der Waals surface area (Å²) in [6.45, 7) is 12.4. The van der Waals surface area contributed by atoms with Crippen LogP contribution in [-0.2, 0) is 0 Å². The normalized spacial score (nSPS) is 11.2. The maximum atomic E-state index is 12.6. The first-order valence-corrected chi connectivity index (χ1v) is 8.73. The Bertz CT molecular complexity index is 677. The first kappa shape index (κ1) is 18.3. The van der Waals surface area contributed by atoms with Gasteiger partial charge in [0.25, 0.3) is 5.91 Å². The summed E-state index contributed by atoms with van der Waals surface area (Å²) in [7, 11) is 0. The van der Waals surface area contributed by atoms with Crippen LogP contribution in [0.2, 0.25) is 0 Å². The first-order chi connectivity index (χ1) is 11.6. The number of amides is 1. The van der Waals surface area contributed by atoms with Crippen molar-refractivity contribution in [3.05, 3.63) is 29.7 Å². The number of rotatable bonds is 9. The summed E-state index contributed by atoms with van der Waals surface area (Å²) < 4.78 is 7.40. The third kappa shape index (κ3) is 4.06. The molecule has 132 valence electrons. The third-order valence-electron chi connectivity index (χ3n) is 4.13. The highest BCUT2D eigenvalue weighted by Gasteiger charge is 2.18. The molecule has 0 spiro atoms. The standard InChI is InChI=1S/C18H28N4O2/c1-5-21(6-2)12-9-11-19-18(23)16-14(4)20-17-15(24-7-3)10-8-13-22(16)17/h8,10,13H,5-7,9,11-12H2,1-4H3,(H,19,23). The highest BCUT2D eigenvalue weighted by atomic mass is 16.5. The molecular formula is C18H28N4O2. The van der Waals surface area contributed by atoms with E-state index >= 15 is 0 Å². The van der Waals surface area contributed by atoms with Crippen molar-refractivity contribution in [1.29, 1.82) is 0 Å². The van der Waals surface area contributed by atoms with Crippen molar-refractivity contribution < 1.29 is 9.53 Å². The monoisotopic (exact) mass is 332 g/mol. The number of pyridine rings is 1. The van der Waals surface area contributed by atoms with Gasteiger partial charge in [-0.25, -0.2) is 4.98 Å². The number of ether oxygens (including phenoxy) is 1. The summed E-state index contributed by atoms with van der Waals surface area (Å²) in [5.41, 5.74) is 1.97. The summed E-state index contributed by atoms with van der Waals surface area (Å²) in [5.74, 6) is 0.608. The molecule has 0 aliphatic rings. The lowest BCUT2D eigenvalue weighted by Gasteiger charge is -2.17. The quantitative estimate of drug-likeness (QED) is 0.717. The van der Waals surface area contributed by atoms with E-state index in [4.69, 9.17) is 4.74 Å². The summed E-state index contributed by atoms with van der Waals surface area (Å²) in [6, 6.07) is 3.74. The lowest BCUT2D eigenvalue weighted by Crippen LogP contribution is -2.30. The lowest BCUT2D eigenvalue weighted by atomic mass is 10.3. The Hall–Kier alpha value is -2.08. The molecule has 2 aromatic rings. The minimum atomic E-state index is -0.0896. The maximum absolute atomic E-state index is 12.6. The fourth-order valence-electron chi connectivity index (χ4n) is 2.83. The SMILES string of the molecule is CCOc1cccn2c(C(=O)NCCCN(CC)CC)c(C)nc12. The molecular weight excluding hydrogens is 304 g/mol. The Morgan fingerprint density at radius 1 is 1.33 bits per heavy atom. The number of hydrogen-bond acceptors (Lipinski definition) is 4. The molecule has 0 saturated carbocycles. The summed E-state index contributed by atoms with van der Waals surface area (Å²) in [5, 5.41) is 3.01. The number of hydrogen-bond donors (Lipinski definition) is 1. The molecule has 2 rings (SSSR count). The molecule has 0 aromatic carbocycles. The number of aryl methyl sites for hydroxylation is 1. The summed E-state index contributed by atoms with van der Waals surface area (Å²) in [4.78, 5) is 19.4. The molecule has 0 aliphatic carbocycles. The van der Waals surface area contributed by atoms with E-state index in [-0.39, 0.29) is 5.91 Å². The van der Waals surface area contributed by atoms with Crippen molar-refractivity contribution in [3.63, 3.8) is 0 Å². The largest absolute Gasteiger partial charge is 0.490 e. The van der Waals surface area contributed by atoms with Crippen molar-refractivity contribution in [2.75, 3.05) is 32.8 Å². The highest BCUT2D eigenvalue weighted by Crippen LogP contribution is 2.21. The second-order valence-corrected chi connectivity index (χ2v) is 5.68. The molecule has 0 saturated heterocycles. The Labute approximate surface area is 143 Å². The van der Waals surface area contributed by atoms with Crippen molar-refractivity contribution in [2.24, 2.45) is 0 Å². The van der Waals surface area contributed by atoms with Crippen LogP contribution in [-0.4, -0.2) is 53.0 Å². The molecule has 2 aromatic heterocycles. The second-order valence-electron chi connectivity index (χ2n) is 5.68. The van der Waals surface area contributed by atoms with Crippen molar-refractivity contribution in [2.45, 2.75) is 34.1 Å². The average molecular weight is 332 g/mol. The molecule has 6 nitrogen and oxygen atoms in total. The van der Waals surface area contributed by atoms with Crippen molar-refractivity contribution in [3.8, 4) is 5.75 Å². The van der Waals surface area contributed by atoms with E-state index in [0.717, 1.165) is 26.1 Å². The fraction of sp³-hybridized carbons (Fsp3) is 0.556. The predicted molar refractivity (Wildman–Crippen MR) is 95.8 cm³/mol. The van der Waals surface area contributed by atoms with E-state index in [2.05, 4.69) is 29.0 Å². The Balaban J connectivity index is 2.07. The van der Waals surface area contributed by atoms with Gasteiger partial charge in [-0.2, -0.15) is 0 Å². The van der Waals surface area contributed by atoms with Crippen molar-refractivity contribution in [1.82, 2.24) is 19.6 Å². The number of carbonyl (C=O) groups is 1. The van der Waals surface area contributed by atoms with Crippen LogP contribution in [0.5, 0.6) is 5.75 Å². The minimum absolute atomic E-state index is 0.0896. The fourth-order valence-corrected chi connectivity index (χ4v) is 2.83. The van der Waals surface area contributed by atoms with Crippen LogP contribution in [0, 0.1) is 6.92 Å². The van der Waals surface area contributed by atoms with E-state index in [1.807, 2.05) is 32.2 Å². The van der Waals surface area contributed by atoms with Crippen LogP contribution in [0.15, 0.2) is 18.3 Å². The van der Waals surface area contributed by atoms with Crippen LogP contribution >= 0.6 is 0 Å². The van der Waals surface area contributed by atoms with Crippen molar-refractivity contribution >= 4 is 11.6 Å². The van der Waals surface area contributed by atoms with E-state index in [0.29, 0.717) is 35.9 Å². The van der Waals surface area contributed by atoms with E-state index in [1.165, 1.54) is 0 Å². The van der Waals surface area contributed by atoms with Gasteiger partial charge in [-0.1, -0.05) is 13.8 Å². The number of carbonyl (C=O) groups excluding carboxylic acids is 1. The molecule has 0 bridgehead atoms. The van der Waals surface area contributed by atoms with Gasteiger partial charge in [-0.3, -0.25) is 9.20 Å². The lowest BCUT2D eigenvalue weighted by molar-refractivity contribution is 0.0945. The van der Waals surface area contributed by atoms with Crippen LogP contribution in [0.25, 0.3) is 5.65 Å². The molecule has 0 radical (unpaired) electrons. The smallest absolute Gasteiger partial charge is 0.270 e. The molecule has 0 fully saturated rings. The average Bonchev–Trinajstić information content (AvgIpc) is 2.92. The molecule has 0 aliphatic heterocycles. The minimum Gasteiger partial charge on any atom is -0.490 e. The molecule has 0 unspecified atom stereocenters. The molecule has 0 atom stereocenters. The molecule has 24 heavy (non-hydrogen) atoms. The molecule has 1 N–H and O–H groups in total.